The Kier molecular flexibility index (Phi) is 3.78. The van der Waals surface area contributed by atoms with Crippen LogP contribution in [0.5, 0.6) is 0 Å². The van der Waals surface area contributed by atoms with Crippen molar-refractivity contribution in [3.8, 4) is 0 Å². The molecule has 0 fully saturated rings. The molecule has 110 valence electrons. The van der Waals surface area contributed by atoms with Crippen LogP contribution < -0.4 is 5.73 Å². The molecule has 1 unspecified atom stereocenters. The number of benzene rings is 1. The van der Waals surface area contributed by atoms with Crippen LogP contribution in [0.25, 0.3) is 11.0 Å². The van der Waals surface area contributed by atoms with Gasteiger partial charge in [-0.2, -0.15) is 0 Å². The fourth-order valence-corrected chi connectivity index (χ4v) is 3.74. The third-order valence-electron chi connectivity index (χ3n) is 3.73. The number of para-hydroxylation sites is 2. The van der Waals surface area contributed by atoms with E-state index in [0.717, 1.165) is 35.0 Å². The molecule has 0 aliphatic rings. The fourth-order valence-electron chi connectivity index (χ4n) is 2.81. The van der Waals surface area contributed by atoms with Gasteiger partial charge in [0.25, 0.3) is 0 Å². The van der Waals surface area contributed by atoms with E-state index < -0.39 is 0 Å². The summed E-state index contributed by atoms with van der Waals surface area (Å²) in [6.07, 6.45) is 0.741. The number of imidazole rings is 1. The Morgan fingerprint density at radius 1 is 1.24 bits per heavy atom. The third kappa shape index (κ3) is 2.59. The van der Waals surface area contributed by atoms with E-state index in [0.29, 0.717) is 0 Å². The summed E-state index contributed by atoms with van der Waals surface area (Å²) in [5.74, 6) is 1.05. The van der Waals surface area contributed by atoms with Crippen LogP contribution in [0, 0.1) is 13.8 Å². The zero-order valence-corrected chi connectivity index (χ0v) is 13.4. The smallest absolute Gasteiger partial charge is 0.111 e. The van der Waals surface area contributed by atoms with Crippen molar-refractivity contribution in [1.29, 1.82) is 0 Å². The molecular formula is C16H20N4S. The number of nitrogens with zero attached hydrogens (tertiary/aromatic N) is 3. The van der Waals surface area contributed by atoms with Gasteiger partial charge in [0.2, 0.25) is 0 Å². The van der Waals surface area contributed by atoms with E-state index in [4.69, 9.17) is 10.7 Å². The average molecular weight is 300 g/mol. The Morgan fingerprint density at radius 3 is 2.67 bits per heavy atom. The monoisotopic (exact) mass is 300 g/mol. The van der Waals surface area contributed by atoms with Crippen LogP contribution in [0.2, 0.25) is 0 Å². The summed E-state index contributed by atoms with van der Waals surface area (Å²) >= 11 is 1.69. The minimum Gasteiger partial charge on any atom is -0.328 e. The van der Waals surface area contributed by atoms with E-state index in [-0.39, 0.29) is 6.04 Å². The molecule has 0 saturated heterocycles. The molecule has 3 rings (SSSR count). The van der Waals surface area contributed by atoms with Crippen LogP contribution in [-0.4, -0.2) is 14.5 Å². The highest BCUT2D eigenvalue weighted by atomic mass is 32.1. The minimum atomic E-state index is -0.0432. The molecule has 5 heteroatoms. The van der Waals surface area contributed by atoms with Crippen molar-refractivity contribution in [1.82, 2.24) is 14.5 Å². The van der Waals surface area contributed by atoms with E-state index in [9.17, 15) is 0 Å². The highest BCUT2D eigenvalue weighted by Gasteiger charge is 2.18. The summed E-state index contributed by atoms with van der Waals surface area (Å²) in [6, 6.07) is 8.20. The molecular weight excluding hydrogens is 280 g/mol. The molecule has 2 heterocycles. The maximum absolute atomic E-state index is 6.40. The molecule has 2 aromatic heterocycles. The lowest BCUT2D eigenvalue weighted by Gasteiger charge is -2.11. The molecule has 2 N–H and O–H groups in total. The molecule has 0 aliphatic heterocycles. The number of nitrogens with two attached hydrogens (primary N) is 1. The summed E-state index contributed by atoms with van der Waals surface area (Å²) < 4.78 is 2.25. The van der Waals surface area contributed by atoms with Gasteiger partial charge in [-0.1, -0.05) is 12.1 Å². The molecule has 1 atom stereocenters. The molecule has 0 bridgehead atoms. The SMILES string of the molecule is CCn1c(CC(N)c2sc(C)nc2C)nc2ccccc21. The number of aromatic nitrogens is 3. The fraction of sp³-hybridized carbons (Fsp3) is 0.375. The van der Waals surface area contributed by atoms with Crippen molar-refractivity contribution in [3.63, 3.8) is 0 Å². The molecule has 4 nitrogen and oxygen atoms in total. The van der Waals surface area contributed by atoms with Gasteiger partial charge in [-0.25, -0.2) is 9.97 Å². The van der Waals surface area contributed by atoms with Crippen LogP contribution in [0.4, 0.5) is 0 Å². The molecule has 0 radical (unpaired) electrons. The zero-order valence-electron chi connectivity index (χ0n) is 12.6. The zero-order chi connectivity index (χ0) is 15.0. The third-order valence-corrected chi connectivity index (χ3v) is 4.93. The first-order valence-corrected chi connectivity index (χ1v) is 8.05. The number of fused-ring (bicyclic) bond motifs is 1. The van der Waals surface area contributed by atoms with Crippen LogP contribution in [0.1, 0.15) is 34.4 Å². The highest BCUT2D eigenvalue weighted by Crippen LogP contribution is 2.26. The van der Waals surface area contributed by atoms with Gasteiger partial charge in [-0.05, 0) is 32.9 Å². The first kappa shape index (κ1) is 14.2. The largest absolute Gasteiger partial charge is 0.328 e. The summed E-state index contributed by atoms with van der Waals surface area (Å²) in [5, 5.41) is 1.07. The summed E-state index contributed by atoms with van der Waals surface area (Å²) in [6.45, 7) is 7.10. The Balaban J connectivity index is 1.96. The average Bonchev–Trinajstić information content (AvgIpc) is 2.97. The molecule has 3 aromatic rings. The summed E-state index contributed by atoms with van der Waals surface area (Å²) in [5.41, 5.74) is 9.67. The number of hydrogen-bond acceptors (Lipinski definition) is 4. The van der Waals surface area contributed by atoms with Gasteiger partial charge in [0.1, 0.15) is 5.82 Å². The second-order valence-corrected chi connectivity index (χ2v) is 6.49. The number of hydrogen-bond donors (Lipinski definition) is 1. The van der Waals surface area contributed by atoms with E-state index >= 15 is 0 Å². The second kappa shape index (κ2) is 5.58. The van der Waals surface area contributed by atoms with Crippen molar-refractivity contribution in [2.24, 2.45) is 5.73 Å². The van der Waals surface area contributed by atoms with Crippen LogP contribution in [0.15, 0.2) is 24.3 Å². The van der Waals surface area contributed by atoms with E-state index in [2.05, 4.69) is 34.7 Å². The standard InChI is InChI=1S/C16H20N4S/c1-4-20-14-8-6-5-7-13(14)19-15(20)9-12(17)16-10(2)18-11(3)21-16/h5-8,12H,4,9,17H2,1-3H3. The Hall–Kier alpha value is -1.72. The highest BCUT2D eigenvalue weighted by molar-refractivity contribution is 7.11. The molecule has 0 aliphatic carbocycles. The van der Waals surface area contributed by atoms with Crippen molar-refractivity contribution >= 4 is 22.4 Å². The Bertz CT molecular complexity index is 772. The Labute approximate surface area is 128 Å². The summed E-state index contributed by atoms with van der Waals surface area (Å²) in [7, 11) is 0. The predicted molar refractivity (Wildman–Crippen MR) is 87.6 cm³/mol. The lowest BCUT2D eigenvalue weighted by molar-refractivity contribution is 0.641. The minimum absolute atomic E-state index is 0.0432. The van der Waals surface area contributed by atoms with E-state index in [1.807, 2.05) is 19.9 Å². The van der Waals surface area contributed by atoms with Gasteiger partial charge in [-0.15, -0.1) is 11.3 Å². The van der Waals surface area contributed by atoms with Crippen LogP contribution >= 0.6 is 11.3 Å². The maximum atomic E-state index is 6.40. The lowest BCUT2D eigenvalue weighted by atomic mass is 10.1. The van der Waals surface area contributed by atoms with Crippen molar-refractivity contribution in [2.75, 3.05) is 0 Å². The number of thiazole rings is 1. The normalized spacial score (nSPS) is 13.0. The van der Waals surface area contributed by atoms with Gasteiger partial charge in [0, 0.05) is 23.9 Å². The van der Waals surface area contributed by atoms with Gasteiger partial charge in [0.05, 0.1) is 21.7 Å². The van der Waals surface area contributed by atoms with Crippen molar-refractivity contribution in [3.05, 3.63) is 45.7 Å². The number of rotatable bonds is 4. The molecule has 1 aromatic carbocycles. The maximum Gasteiger partial charge on any atom is 0.111 e. The van der Waals surface area contributed by atoms with Crippen molar-refractivity contribution < 1.29 is 0 Å². The van der Waals surface area contributed by atoms with Crippen molar-refractivity contribution in [2.45, 2.75) is 39.8 Å². The lowest BCUT2D eigenvalue weighted by Crippen LogP contribution is -2.16. The van der Waals surface area contributed by atoms with Crippen LogP contribution in [0.3, 0.4) is 0 Å². The Morgan fingerprint density at radius 2 is 2.00 bits per heavy atom. The first-order valence-electron chi connectivity index (χ1n) is 7.23. The quantitative estimate of drug-likeness (QED) is 0.803. The van der Waals surface area contributed by atoms with Gasteiger partial charge < -0.3 is 10.3 Å². The van der Waals surface area contributed by atoms with Gasteiger partial charge in [-0.3, -0.25) is 0 Å². The molecule has 0 spiro atoms. The number of aryl methyl sites for hydroxylation is 3. The van der Waals surface area contributed by atoms with Gasteiger partial charge in [0.15, 0.2) is 0 Å². The molecule has 0 saturated carbocycles. The molecule has 0 amide bonds. The second-order valence-electron chi connectivity index (χ2n) is 5.25. The van der Waals surface area contributed by atoms with Gasteiger partial charge >= 0.3 is 0 Å². The van der Waals surface area contributed by atoms with E-state index in [1.165, 1.54) is 10.4 Å². The predicted octanol–water partition coefficient (Wildman–Crippen LogP) is 3.37. The summed E-state index contributed by atoms with van der Waals surface area (Å²) in [4.78, 5) is 10.4. The van der Waals surface area contributed by atoms with Crippen LogP contribution in [-0.2, 0) is 13.0 Å². The topological polar surface area (TPSA) is 56.7 Å². The van der Waals surface area contributed by atoms with E-state index in [1.54, 1.807) is 11.3 Å². The molecule has 21 heavy (non-hydrogen) atoms. The first-order chi connectivity index (χ1) is 10.1.